The zero-order valence-corrected chi connectivity index (χ0v) is 14.7. The molecule has 0 radical (unpaired) electrons. The molecule has 7 nitrogen and oxygen atoms in total. The number of halogens is 3. The minimum atomic E-state index is -1.82. The van der Waals surface area contributed by atoms with Crippen molar-refractivity contribution in [3.05, 3.63) is 0 Å². The monoisotopic (exact) mass is 394 g/mol. The normalized spacial score (nSPS) is 51.1. The minimum Gasteiger partial charge on any atom is -0.389 e. The van der Waals surface area contributed by atoms with E-state index in [0.717, 1.165) is 0 Å². The highest BCUT2D eigenvalue weighted by atomic mass is 35.5. The molecule has 0 aromatic carbocycles. The summed E-state index contributed by atoms with van der Waals surface area (Å²) in [5, 5.41) is 39.5. The highest BCUT2D eigenvalue weighted by molar-refractivity contribution is 6.21. The Labute approximate surface area is 149 Å². The number of hydrogen-bond acceptors (Lipinski definition) is 7. The summed E-state index contributed by atoms with van der Waals surface area (Å²) in [7, 11) is 0. The lowest BCUT2D eigenvalue weighted by molar-refractivity contribution is -0.356. The van der Waals surface area contributed by atoms with E-state index in [-0.39, 0.29) is 11.8 Å². The molecule has 0 aromatic rings. The molecule has 2 aliphatic heterocycles. The zero-order valence-electron chi connectivity index (χ0n) is 12.4. The molecule has 136 valence electrons. The summed E-state index contributed by atoms with van der Waals surface area (Å²) in [5.41, 5.74) is 0. The van der Waals surface area contributed by atoms with Gasteiger partial charge in [-0.1, -0.05) is 6.92 Å². The second-order valence-corrected chi connectivity index (χ2v) is 6.77. The molecule has 2 saturated heterocycles. The lowest BCUT2D eigenvalue weighted by atomic mass is 9.99. The molecule has 2 rings (SSSR count). The highest BCUT2D eigenvalue weighted by Gasteiger charge is 2.57. The van der Waals surface area contributed by atoms with Crippen LogP contribution in [0.15, 0.2) is 0 Å². The van der Waals surface area contributed by atoms with Crippen LogP contribution in [-0.4, -0.2) is 86.3 Å². The molecule has 0 bridgehead atoms. The maximum atomic E-state index is 10.2. The zero-order chi connectivity index (χ0) is 17.4. The molecule has 0 aromatic heterocycles. The Balaban J connectivity index is 2.18. The molecular weight excluding hydrogens is 374 g/mol. The molecule has 2 aliphatic rings. The van der Waals surface area contributed by atoms with E-state index in [4.69, 9.17) is 49.0 Å². The van der Waals surface area contributed by atoms with Crippen molar-refractivity contribution in [1.29, 1.82) is 0 Å². The van der Waals surface area contributed by atoms with Gasteiger partial charge in [0.1, 0.15) is 30.5 Å². The Kier molecular flexibility index (Phi) is 6.81. The van der Waals surface area contributed by atoms with Gasteiger partial charge >= 0.3 is 0 Å². The third-order valence-corrected chi connectivity index (χ3v) is 5.40. The second kappa shape index (κ2) is 7.86. The van der Waals surface area contributed by atoms with Crippen molar-refractivity contribution >= 4 is 34.8 Å². The Bertz CT molecular complexity index is 402. The van der Waals surface area contributed by atoms with E-state index in [9.17, 15) is 20.4 Å². The van der Waals surface area contributed by atoms with Gasteiger partial charge in [-0.25, -0.2) is 0 Å². The van der Waals surface area contributed by atoms with Gasteiger partial charge in [0, 0.05) is 0 Å². The summed E-state index contributed by atoms with van der Waals surface area (Å²) >= 11 is 17.6. The van der Waals surface area contributed by atoms with Crippen LogP contribution in [0.2, 0.25) is 0 Å². The summed E-state index contributed by atoms with van der Waals surface area (Å²) in [4.78, 5) is 0. The predicted molar refractivity (Wildman–Crippen MR) is 82.7 cm³/mol. The van der Waals surface area contributed by atoms with Gasteiger partial charge < -0.3 is 34.6 Å². The van der Waals surface area contributed by atoms with E-state index in [0.29, 0.717) is 6.42 Å². The van der Waals surface area contributed by atoms with E-state index in [1.165, 1.54) is 0 Å². The van der Waals surface area contributed by atoms with Crippen LogP contribution >= 0.6 is 34.8 Å². The van der Waals surface area contributed by atoms with Crippen molar-refractivity contribution < 1.29 is 34.6 Å². The first-order valence-corrected chi connectivity index (χ1v) is 8.81. The molecule has 0 spiro atoms. The van der Waals surface area contributed by atoms with E-state index in [2.05, 4.69) is 0 Å². The largest absolute Gasteiger partial charge is 0.389 e. The van der Waals surface area contributed by atoms with Gasteiger partial charge in [0.15, 0.2) is 6.29 Å². The molecule has 0 aliphatic carbocycles. The van der Waals surface area contributed by atoms with Crippen LogP contribution in [0.4, 0.5) is 0 Å². The summed E-state index contributed by atoms with van der Waals surface area (Å²) < 4.78 is 16.6. The van der Waals surface area contributed by atoms with Gasteiger partial charge in [0.2, 0.25) is 5.79 Å². The number of ether oxygens (including phenoxy) is 3. The van der Waals surface area contributed by atoms with Crippen LogP contribution in [-0.2, 0) is 14.2 Å². The molecule has 2 fully saturated rings. The molecule has 10 heteroatoms. The van der Waals surface area contributed by atoms with Gasteiger partial charge in [-0.3, -0.25) is 0 Å². The number of alkyl halides is 3. The van der Waals surface area contributed by atoms with E-state index >= 15 is 0 Å². The van der Waals surface area contributed by atoms with Crippen molar-refractivity contribution in [2.75, 3.05) is 11.8 Å². The van der Waals surface area contributed by atoms with Crippen molar-refractivity contribution in [3.63, 3.8) is 0 Å². The topological polar surface area (TPSA) is 109 Å². The van der Waals surface area contributed by atoms with Crippen molar-refractivity contribution in [3.8, 4) is 0 Å². The van der Waals surface area contributed by atoms with Crippen LogP contribution in [0, 0.1) is 0 Å². The summed E-state index contributed by atoms with van der Waals surface area (Å²) in [6, 6.07) is 0. The fourth-order valence-corrected chi connectivity index (χ4v) is 3.65. The number of hydrogen-bond donors (Lipinski definition) is 4. The number of aliphatic hydroxyl groups excluding tert-OH is 4. The molecule has 0 amide bonds. The van der Waals surface area contributed by atoms with Crippen molar-refractivity contribution in [1.82, 2.24) is 0 Å². The summed E-state index contributed by atoms with van der Waals surface area (Å²) in [5.74, 6) is -2.25. The third-order valence-electron chi connectivity index (χ3n) is 4.18. The summed E-state index contributed by atoms with van der Waals surface area (Å²) in [6.07, 6.45) is -7.88. The number of aliphatic hydroxyl groups is 4. The molecule has 0 saturated carbocycles. The second-order valence-electron chi connectivity index (χ2n) is 5.69. The average Bonchev–Trinajstić information content (AvgIpc) is 2.80. The van der Waals surface area contributed by atoms with Gasteiger partial charge in [-0.15, -0.1) is 34.8 Å². The first-order valence-electron chi connectivity index (χ1n) is 7.30. The standard InChI is InChI=1S/C13H21Cl3O7/c1-2-5-7(16)9(18)10(19)12(21-5)23-13(4-15)11(20)8(17)6(3-14)22-13/h5-12,17-20H,2-4H2,1H3/t5?,6-,7+,8?,9-,10?,11-,12+,13+/m1/s1. The number of rotatable bonds is 5. The van der Waals surface area contributed by atoms with E-state index in [1.54, 1.807) is 6.92 Å². The third kappa shape index (κ3) is 3.60. The van der Waals surface area contributed by atoms with Crippen LogP contribution in [0.5, 0.6) is 0 Å². The van der Waals surface area contributed by atoms with Crippen LogP contribution in [0.3, 0.4) is 0 Å². The molecule has 9 atom stereocenters. The first kappa shape index (κ1) is 19.9. The van der Waals surface area contributed by atoms with Crippen LogP contribution < -0.4 is 0 Å². The Morgan fingerprint density at radius 3 is 2.17 bits per heavy atom. The SMILES string of the molecule is CCC1O[C@@H](O[C@]2(CCl)O[C@H](CCl)C(O)[C@H]2O)C(O)[C@H](O)[C@H]1Cl. The van der Waals surface area contributed by atoms with Crippen molar-refractivity contribution in [2.45, 2.75) is 67.4 Å². The molecular formula is C13H21Cl3O7. The lowest BCUT2D eigenvalue weighted by Crippen LogP contribution is -2.60. The van der Waals surface area contributed by atoms with Crippen molar-refractivity contribution in [2.24, 2.45) is 0 Å². The molecule has 3 unspecified atom stereocenters. The van der Waals surface area contributed by atoms with Gasteiger partial charge in [0.25, 0.3) is 0 Å². The molecule has 2 heterocycles. The Hall–Kier alpha value is 0.590. The Morgan fingerprint density at radius 2 is 1.70 bits per heavy atom. The lowest BCUT2D eigenvalue weighted by Gasteiger charge is -2.43. The fourth-order valence-electron chi connectivity index (χ4n) is 2.73. The smallest absolute Gasteiger partial charge is 0.214 e. The van der Waals surface area contributed by atoms with Gasteiger partial charge in [0.05, 0.1) is 23.2 Å². The minimum absolute atomic E-state index is 0.0851. The molecule has 23 heavy (non-hydrogen) atoms. The van der Waals surface area contributed by atoms with Gasteiger partial charge in [-0.05, 0) is 6.42 Å². The quantitative estimate of drug-likeness (QED) is 0.476. The van der Waals surface area contributed by atoms with Gasteiger partial charge in [-0.2, -0.15) is 0 Å². The van der Waals surface area contributed by atoms with E-state index in [1.807, 2.05) is 0 Å². The Morgan fingerprint density at radius 1 is 1.04 bits per heavy atom. The summed E-state index contributed by atoms with van der Waals surface area (Å²) in [6.45, 7) is 1.80. The predicted octanol–water partition coefficient (Wildman–Crippen LogP) is -0.238. The fraction of sp³-hybridized carbons (Fsp3) is 1.00. The maximum absolute atomic E-state index is 10.2. The van der Waals surface area contributed by atoms with Crippen LogP contribution in [0.1, 0.15) is 13.3 Å². The molecule has 4 N–H and O–H groups in total. The van der Waals surface area contributed by atoms with Crippen LogP contribution in [0.25, 0.3) is 0 Å². The van der Waals surface area contributed by atoms with E-state index < -0.39 is 54.1 Å². The first-order chi connectivity index (χ1) is 10.8. The average molecular weight is 396 g/mol. The maximum Gasteiger partial charge on any atom is 0.214 e. The highest BCUT2D eigenvalue weighted by Crippen LogP contribution is 2.38.